The smallest absolute Gasteiger partial charge is 0.306 e. The number of hydrogen-bond donors (Lipinski definition) is 0. The average Bonchev–Trinajstić information content (AvgIpc) is 3.36. The Hall–Kier alpha value is -2.87. The van der Waals surface area contributed by atoms with E-state index >= 15 is 0 Å². The molecule has 4 aromatic rings. The van der Waals surface area contributed by atoms with Gasteiger partial charge in [0.25, 0.3) is 0 Å². The summed E-state index contributed by atoms with van der Waals surface area (Å²) in [5.41, 5.74) is 1.06. The molecule has 6 atom stereocenters. The van der Waals surface area contributed by atoms with Crippen molar-refractivity contribution >= 4 is 38.3 Å². The topological polar surface area (TPSA) is 26.3 Å². The molecule has 2 nitrogen and oxygen atoms in total. The lowest BCUT2D eigenvalue weighted by molar-refractivity contribution is -0.150. The first kappa shape index (κ1) is 20.7. The number of carbonyl (C=O) groups excluding carboxylic acids is 1. The number of fused-ring (bicyclic) bond motifs is 7. The van der Waals surface area contributed by atoms with E-state index in [0.717, 1.165) is 23.3 Å². The summed E-state index contributed by atoms with van der Waals surface area (Å²) in [4.78, 5) is 12.8. The fraction of sp³-hybridized carbons (Fsp3) is 0.387. The molecule has 2 bridgehead atoms. The highest BCUT2D eigenvalue weighted by Gasteiger charge is 2.49. The highest BCUT2D eigenvalue weighted by atomic mass is 16.5. The van der Waals surface area contributed by atoms with Gasteiger partial charge in [0, 0.05) is 6.42 Å². The summed E-state index contributed by atoms with van der Waals surface area (Å²) in [5, 5.41) is 7.53. The fourth-order valence-corrected chi connectivity index (χ4v) is 6.96. The van der Waals surface area contributed by atoms with Crippen molar-refractivity contribution in [3.05, 3.63) is 72.3 Å². The van der Waals surface area contributed by atoms with Crippen LogP contribution < -0.4 is 0 Å². The van der Waals surface area contributed by atoms with E-state index in [1.54, 1.807) is 0 Å². The maximum atomic E-state index is 12.8. The minimum Gasteiger partial charge on any atom is -0.458 e. The SMILES string of the molecule is CC(OC(=O)CC1CC2CC1C(C)C2C)c1ccc2c(ccc3c4ccccc4ccc23)c1. The van der Waals surface area contributed by atoms with Crippen LogP contribution in [0.4, 0.5) is 0 Å². The first-order valence-corrected chi connectivity index (χ1v) is 12.5. The molecule has 0 radical (unpaired) electrons. The van der Waals surface area contributed by atoms with Gasteiger partial charge in [-0.15, -0.1) is 0 Å². The van der Waals surface area contributed by atoms with E-state index in [4.69, 9.17) is 4.74 Å². The highest BCUT2D eigenvalue weighted by molar-refractivity contribution is 6.17. The molecule has 2 aliphatic carbocycles. The van der Waals surface area contributed by atoms with Gasteiger partial charge in [0.15, 0.2) is 0 Å². The molecule has 0 saturated heterocycles. The Morgan fingerprint density at radius 3 is 2.30 bits per heavy atom. The van der Waals surface area contributed by atoms with E-state index in [1.165, 1.54) is 45.2 Å². The molecule has 2 aliphatic rings. The van der Waals surface area contributed by atoms with Gasteiger partial charge in [-0.05, 0) is 93.3 Å². The van der Waals surface area contributed by atoms with Crippen LogP contribution in [0.2, 0.25) is 0 Å². The molecule has 0 N–H and O–H groups in total. The third-order valence-corrected chi connectivity index (χ3v) is 9.01. The van der Waals surface area contributed by atoms with Crippen LogP contribution in [0.25, 0.3) is 32.3 Å². The first-order chi connectivity index (χ1) is 16.0. The second kappa shape index (κ2) is 7.87. The second-order valence-electron chi connectivity index (χ2n) is 10.6. The number of esters is 1. The van der Waals surface area contributed by atoms with E-state index in [0.29, 0.717) is 18.3 Å². The van der Waals surface area contributed by atoms with Crippen LogP contribution >= 0.6 is 0 Å². The minimum absolute atomic E-state index is 0.0371. The van der Waals surface area contributed by atoms with E-state index < -0.39 is 0 Å². The molecule has 2 heteroatoms. The molecule has 6 rings (SSSR count). The van der Waals surface area contributed by atoms with E-state index in [9.17, 15) is 4.79 Å². The summed E-state index contributed by atoms with van der Waals surface area (Å²) in [7, 11) is 0. The van der Waals surface area contributed by atoms with Crippen molar-refractivity contribution < 1.29 is 9.53 Å². The average molecular weight is 437 g/mol. The Labute approximate surface area is 195 Å². The van der Waals surface area contributed by atoms with Gasteiger partial charge in [-0.25, -0.2) is 0 Å². The van der Waals surface area contributed by atoms with Gasteiger partial charge in [-0.2, -0.15) is 0 Å². The lowest BCUT2D eigenvalue weighted by atomic mass is 9.74. The summed E-state index contributed by atoms with van der Waals surface area (Å²) in [6.45, 7) is 6.76. The molecule has 4 aromatic carbocycles. The first-order valence-electron chi connectivity index (χ1n) is 12.5. The van der Waals surface area contributed by atoms with Gasteiger partial charge in [0.2, 0.25) is 0 Å². The number of carbonyl (C=O) groups is 1. The highest BCUT2D eigenvalue weighted by Crippen LogP contribution is 2.56. The van der Waals surface area contributed by atoms with Crippen LogP contribution in [-0.2, 0) is 9.53 Å². The van der Waals surface area contributed by atoms with Gasteiger partial charge in [0.1, 0.15) is 6.10 Å². The van der Waals surface area contributed by atoms with Crippen LogP contribution in [0, 0.1) is 29.6 Å². The van der Waals surface area contributed by atoms with Crippen molar-refractivity contribution in [3.8, 4) is 0 Å². The van der Waals surface area contributed by atoms with Crippen LogP contribution in [0.3, 0.4) is 0 Å². The number of hydrogen-bond acceptors (Lipinski definition) is 2. The lowest BCUT2D eigenvalue weighted by Gasteiger charge is -2.31. The monoisotopic (exact) mass is 436 g/mol. The summed E-state index contributed by atoms with van der Waals surface area (Å²) in [6, 6.07) is 23.9. The molecule has 2 saturated carbocycles. The van der Waals surface area contributed by atoms with Gasteiger partial charge in [-0.3, -0.25) is 4.79 Å². The molecule has 0 spiro atoms. The zero-order valence-electron chi connectivity index (χ0n) is 19.8. The Balaban J connectivity index is 1.22. The van der Waals surface area contributed by atoms with E-state index in [1.807, 2.05) is 6.92 Å². The molecule has 6 unspecified atom stereocenters. The predicted molar refractivity (Wildman–Crippen MR) is 136 cm³/mol. The Kier molecular flexibility index (Phi) is 4.94. The van der Waals surface area contributed by atoms with Gasteiger partial charge < -0.3 is 4.74 Å². The number of ether oxygens (including phenoxy) is 1. The third kappa shape index (κ3) is 3.42. The maximum absolute atomic E-state index is 12.8. The van der Waals surface area contributed by atoms with Crippen molar-refractivity contribution in [2.24, 2.45) is 29.6 Å². The molecular weight excluding hydrogens is 404 g/mol. The van der Waals surface area contributed by atoms with E-state index in [2.05, 4.69) is 80.6 Å². The van der Waals surface area contributed by atoms with Crippen molar-refractivity contribution in [1.29, 1.82) is 0 Å². The largest absolute Gasteiger partial charge is 0.458 e. The van der Waals surface area contributed by atoms with Crippen molar-refractivity contribution in [1.82, 2.24) is 0 Å². The van der Waals surface area contributed by atoms with Gasteiger partial charge >= 0.3 is 5.97 Å². The predicted octanol–water partition coefficient (Wildman–Crippen LogP) is 8.07. The second-order valence-corrected chi connectivity index (χ2v) is 10.6. The number of benzene rings is 4. The summed E-state index contributed by atoms with van der Waals surface area (Å²) < 4.78 is 5.92. The van der Waals surface area contributed by atoms with Gasteiger partial charge in [0.05, 0.1) is 0 Å². The van der Waals surface area contributed by atoms with Crippen molar-refractivity contribution in [2.45, 2.75) is 46.1 Å². The van der Waals surface area contributed by atoms with E-state index in [-0.39, 0.29) is 12.1 Å². The van der Waals surface area contributed by atoms with Crippen LogP contribution in [0.5, 0.6) is 0 Å². The molecule has 0 amide bonds. The zero-order chi connectivity index (χ0) is 22.7. The Morgan fingerprint density at radius 1 is 0.848 bits per heavy atom. The molecule has 168 valence electrons. The van der Waals surface area contributed by atoms with Crippen LogP contribution in [0.15, 0.2) is 66.7 Å². The minimum atomic E-state index is -0.232. The quantitative estimate of drug-likeness (QED) is 0.239. The summed E-state index contributed by atoms with van der Waals surface area (Å²) >= 11 is 0. The maximum Gasteiger partial charge on any atom is 0.306 e. The molecule has 33 heavy (non-hydrogen) atoms. The zero-order valence-corrected chi connectivity index (χ0v) is 19.8. The van der Waals surface area contributed by atoms with Crippen molar-refractivity contribution in [3.63, 3.8) is 0 Å². The molecule has 0 aromatic heterocycles. The number of rotatable bonds is 4. The van der Waals surface area contributed by atoms with Crippen LogP contribution in [0.1, 0.15) is 51.7 Å². The standard InChI is InChI=1S/C31H32O2/c1-18-19(2)30-16-24(18)15-25(30)17-31(32)33-20(3)22-9-11-27-23(14-22)10-13-28-26-7-5-4-6-21(26)8-12-29(27)28/h4-14,18-20,24-25,30H,15-17H2,1-3H3. The third-order valence-electron chi connectivity index (χ3n) is 9.01. The fourth-order valence-electron chi connectivity index (χ4n) is 6.96. The molecule has 0 heterocycles. The van der Waals surface area contributed by atoms with Crippen molar-refractivity contribution in [2.75, 3.05) is 0 Å². The molecule has 0 aliphatic heterocycles. The van der Waals surface area contributed by atoms with Gasteiger partial charge in [-0.1, -0.05) is 74.5 Å². The summed E-state index contributed by atoms with van der Waals surface area (Å²) in [6.07, 6.45) is 2.86. The summed E-state index contributed by atoms with van der Waals surface area (Å²) in [5.74, 6) is 3.55. The Morgan fingerprint density at radius 2 is 1.55 bits per heavy atom. The lowest BCUT2D eigenvalue weighted by Crippen LogP contribution is -2.26. The Bertz CT molecular complexity index is 1370. The normalized spacial score (nSPS) is 27.4. The molecule has 2 fully saturated rings. The molecular formula is C31H32O2. The van der Waals surface area contributed by atoms with Crippen LogP contribution in [-0.4, -0.2) is 5.97 Å².